The molecule has 3 heterocycles. The third kappa shape index (κ3) is 0.867. The minimum atomic E-state index is 0.675. The Kier molecular flexibility index (Phi) is 1.46. The summed E-state index contributed by atoms with van der Waals surface area (Å²) in [6.45, 7) is 5.20. The van der Waals surface area contributed by atoms with Crippen LogP contribution in [0.15, 0.2) is 0 Å². The normalized spacial score (nSPS) is 45.9. The van der Waals surface area contributed by atoms with Crippen molar-refractivity contribution >= 4 is 0 Å². The van der Waals surface area contributed by atoms with Crippen molar-refractivity contribution in [2.24, 2.45) is 5.41 Å². The molecule has 0 spiro atoms. The summed E-state index contributed by atoms with van der Waals surface area (Å²) in [5.41, 5.74) is 4.73. The van der Waals surface area contributed by atoms with Crippen LogP contribution in [0.3, 0.4) is 0 Å². The van der Waals surface area contributed by atoms with Gasteiger partial charge in [0.2, 0.25) is 0 Å². The van der Waals surface area contributed by atoms with Gasteiger partial charge in [0.05, 0.1) is 6.54 Å². The monoisotopic (exact) mass is 141 g/mol. The molecule has 58 valence electrons. The Labute approximate surface area is 62.4 Å². The van der Waals surface area contributed by atoms with E-state index in [2.05, 4.69) is 10.6 Å². The second kappa shape index (κ2) is 2.21. The van der Waals surface area contributed by atoms with Gasteiger partial charge in [-0.15, -0.1) is 0 Å². The Bertz CT molecular complexity index is 111. The van der Waals surface area contributed by atoms with Gasteiger partial charge in [-0.2, -0.15) is 0 Å². The van der Waals surface area contributed by atoms with Crippen molar-refractivity contribution in [3.8, 4) is 0 Å². The fraction of sp³-hybridized carbons (Fsp3) is 1.00. The van der Waals surface area contributed by atoms with Gasteiger partial charge in [-0.1, -0.05) is 0 Å². The number of quaternary nitrogens is 1. The lowest BCUT2D eigenvalue weighted by Crippen LogP contribution is -2.63. The summed E-state index contributed by atoms with van der Waals surface area (Å²) in [4.78, 5) is 2.58. The van der Waals surface area contributed by atoms with Crippen molar-refractivity contribution in [1.82, 2.24) is 4.90 Å². The molecular formula is C8H17N2+. The van der Waals surface area contributed by atoms with Crippen LogP contribution in [0.2, 0.25) is 0 Å². The molecule has 0 unspecified atom stereocenters. The van der Waals surface area contributed by atoms with Gasteiger partial charge in [0.25, 0.3) is 0 Å². The first-order valence-corrected chi connectivity index (χ1v) is 4.36. The van der Waals surface area contributed by atoms with Gasteiger partial charge in [0.15, 0.2) is 0 Å². The highest BCUT2D eigenvalue weighted by Crippen LogP contribution is 2.38. The lowest BCUT2D eigenvalue weighted by molar-refractivity contribution is -0.398. The lowest BCUT2D eigenvalue weighted by Gasteiger charge is -2.46. The van der Waals surface area contributed by atoms with Gasteiger partial charge in [0, 0.05) is 5.41 Å². The molecule has 0 saturated carbocycles. The minimum Gasteiger partial charge on any atom is -0.357 e. The molecule has 3 rings (SSSR count). The van der Waals surface area contributed by atoms with Crippen LogP contribution in [-0.4, -0.2) is 31.1 Å². The fourth-order valence-electron chi connectivity index (χ4n) is 2.27. The number of nitrogens with zero attached hydrogens (tertiary/aromatic N) is 1. The average Bonchev–Trinajstić information content (AvgIpc) is 2.08. The van der Waals surface area contributed by atoms with Crippen molar-refractivity contribution in [1.29, 1.82) is 0 Å². The maximum Gasteiger partial charge on any atom is 0.0798 e. The van der Waals surface area contributed by atoms with Crippen molar-refractivity contribution in [3.63, 3.8) is 0 Å². The summed E-state index contributed by atoms with van der Waals surface area (Å²) in [7, 11) is 0. The molecule has 2 heteroatoms. The molecule has 2 bridgehead atoms. The zero-order chi connectivity index (χ0) is 7.03. The number of fused-ring (bicyclic) bond motifs is 3. The summed E-state index contributed by atoms with van der Waals surface area (Å²) in [5.74, 6) is 0. The van der Waals surface area contributed by atoms with Crippen molar-refractivity contribution in [2.45, 2.75) is 19.3 Å². The summed E-state index contributed by atoms with van der Waals surface area (Å²) in [6.07, 6.45) is 4.24. The maximum atomic E-state index is 4.06. The van der Waals surface area contributed by atoms with Crippen LogP contribution in [0.5, 0.6) is 0 Å². The van der Waals surface area contributed by atoms with E-state index >= 15 is 0 Å². The first-order valence-electron chi connectivity index (χ1n) is 4.36. The van der Waals surface area contributed by atoms with E-state index in [0.29, 0.717) is 5.41 Å². The van der Waals surface area contributed by atoms with Gasteiger partial charge in [-0.3, -0.25) is 0 Å². The van der Waals surface area contributed by atoms with Crippen molar-refractivity contribution in [3.05, 3.63) is 0 Å². The summed E-state index contributed by atoms with van der Waals surface area (Å²) < 4.78 is 0. The molecule has 0 aromatic heterocycles. The van der Waals surface area contributed by atoms with E-state index in [4.69, 9.17) is 0 Å². The first kappa shape index (κ1) is 6.62. The molecule has 0 aromatic rings. The topological polar surface area (TPSA) is 30.9 Å². The highest BCUT2D eigenvalue weighted by atomic mass is 15.1. The molecule has 0 radical (unpaired) electrons. The molecule has 0 aliphatic carbocycles. The second-order valence-electron chi connectivity index (χ2n) is 3.84. The summed E-state index contributed by atoms with van der Waals surface area (Å²) in [5, 5.41) is 0. The van der Waals surface area contributed by atoms with E-state index in [0.717, 1.165) is 0 Å². The molecular weight excluding hydrogens is 124 g/mol. The van der Waals surface area contributed by atoms with E-state index in [1.807, 2.05) is 0 Å². The van der Waals surface area contributed by atoms with Crippen LogP contribution in [0.25, 0.3) is 0 Å². The Hall–Kier alpha value is -0.0800. The third-order valence-electron chi connectivity index (χ3n) is 3.41. The quantitative estimate of drug-likeness (QED) is 0.534. The van der Waals surface area contributed by atoms with E-state index in [1.165, 1.54) is 45.4 Å². The van der Waals surface area contributed by atoms with Crippen LogP contribution < -0.4 is 5.73 Å². The lowest BCUT2D eigenvalue weighted by atomic mass is 9.72. The van der Waals surface area contributed by atoms with Gasteiger partial charge in [-0.25, -0.2) is 0 Å². The van der Waals surface area contributed by atoms with E-state index in [9.17, 15) is 0 Å². The molecule has 3 aliphatic rings. The predicted molar refractivity (Wildman–Crippen MR) is 40.5 cm³/mol. The van der Waals surface area contributed by atoms with Crippen LogP contribution in [0.1, 0.15) is 19.3 Å². The summed E-state index contributed by atoms with van der Waals surface area (Å²) in [6, 6.07) is 0. The number of hydrogen-bond donors (Lipinski definition) is 1. The number of rotatable bonds is 1. The number of piperidine rings is 3. The molecule has 3 saturated heterocycles. The van der Waals surface area contributed by atoms with Crippen LogP contribution in [0.4, 0.5) is 0 Å². The van der Waals surface area contributed by atoms with Crippen molar-refractivity contribution in [2.75, 3.05) is 26.2 Å². The highest BCUT2D eigenvalue weighted by molar-refractivity contribution is 4.90. The molecule has 0 atom stereocenters. The van der Waals surface area contributed by atoms with Gasteiger partial charge in [0.1, 0.15) is 0 Å². The Morgan fingerprint density at radius 1 is 1.10 bits per heavy atom. The smallest absolute Gasteiger partial charge is 0.0798 e. The van der Waals surface area contributed by atoms with E-state index in [-0.39, 0.29) is 0 Å². The fourth-order valence-corrected chi connectivity index (χ4v) is 2.27. The summed E-state index contributed by atoms with van der Waals surface area (Å²) >= 11 is 0. The zero-order valence-electron chi connectivity index (χ0n) is 6.60. The largest absolute Gasteiger partial charge is 0.357 e. The first-order chi connectivity index (χ1) is 4.85. The highest BCUT2D eigenvalue weighted by Gasteiger charge is 2.39. The molecule has 3 fully saturated rings. The SMILES string of the molecule is [NH3+]CC12CCN(CC1)CC2. The maximum absolute atomic E-state index is 4.06. The third-order valence-corrected chi connectivity index (χ3v) is 3.41. The second-order valence-corrected chi connectivity index (χ2v) is 3.84. The molecule has 0 aromatic carbocycles. The van der Waals surface area contributed by atoms with Crippen LogP contribution in [-0.2, 0) is 0 Å². The molecule has 3 N–H and O–H groups in total. The van der Waals surface area contributed by atoms with Gasteiger partial charge >= 0.3 is 0 Å². The van der Waals surface area contributed by atoms with Gasteiger partial charge < -0.3 is 10.6 Å². The van der Waals surface area contributed by atoms with E-state index < -0.39 is 0 Å². The standard InChI is InChI=1S/C8H16N2/c9-7-8-1-4-10(5-2-8)6-3-8/h1-7,9H2/p+1. The zero-order valence-corrected chi connectivity index (χ0v) is 6.60. The predicted octanol–water partition coefficient (Wildman–Crippen LogP) is -0.286. The van der Waals surface area contributed by atoms with E-state index in [1.54, 1.807) is 0 Å². The number of hydrogen-bond acceptors (Lipinski definition) is 1. The molecule has 2 nitrogen and oxygen atoms in total. The Balaban J connectivity index is 2.08. The Morgan fingerprint density at radius 3 is 1.90 bits per heavy atom. The average molecular weight is 141 g/mol. The molecule has 0 amide bonds. The van der Waals surface area contributed by atoms with Crippen LogP contribution >= 0.6 is 0 Å². The Morgan fingerprint density at radius 2 is 1.60 bits per heavy atom. The van der Waals surface area contributed by atoms with Crippen molar-refractivity contribution < 1.29 is 5.73 Å². The van der Waals surface area contributed by atoms with Crippen LogP contribution in [0, 0.1) is 5.41 Å². The molecule has 3 aliphatic heterocycles. The minimum absolute atomic E-state index is 0.675. The van der Waals surface area contributed by atoms with Gasteiger partial charge in [-0.05, 0) is 38.9 Å². The molecule has 10 heavy (non-hydrogen) atoms.